The van der Waals surface area contributed by atoms with E-state index in [1.54, 1.807) is 0 Å². The molecule has 0 aliphatic heterocycles. The van der Waals surface area contributed by atoms with E-state index in [-0.39, 0.29) is 10.6 Å². The van der Waals surface area contributed by atoms with E-state index in [2.05, 4.69) is 0 Å². The van der Waals surface area contributed by atoms with Crippen molar-refractivity contribution in [1.29, 1.82) is 0 Å². The summed E-state index contributed by atoms with van der Waals surface area (Å²) < 4.78 is 37.5. The topological polar surface area (TPSA) is 57.5 Å². The molecule has 22 heavy (non-hydrogen) atoms. The summed E-state index contributed by atoms with van der Waals surface area (Å²) in [5, 5.41) is 18.2. The number of halogens is 4. The molecular formula is C15H10ClF3O3. The second-order valence-corrected chi connectivity index (χ2v) is 4.96. The van der Waals surface area contributed by atoms with Crippen molar-refractivity contribution in [2.24, 2.45) is 0 Å². The first-order valence-corrected chi connectivity index (χ1v) is 6.46. The van der Waals surface area contributed by atoms with E-state index in [4.69, 9.17) is 16.7 Å². The Morgan fingerprint density at radius 1 is 1.05 bits per heavy atom. The molecule has 0 heterocycles. The molecule has 3 nitrogen and oxygen atoms in total. The first-order chi connectivity index (χ1) is 10.2. The van der Waals surface area contributed by atoms with Crippen LogP contribution in [0.15, 0.2) is 42.5 Å². The molecule has 0 bridgehead atoms. The SMILES string of the molecule is O=C(O)C(O)c1ccc(-c2ccc(C(F)(F)F)cc2)cc1Cl. The lowest BCUT2D eigenvalue weighted by atomic mass is 10.0. The number of hydrogen-bond acceptors (Lipinski definition) is 2. The largest absolute Gasteiger partial charge is 0.479 e. The van der Waals surface area contributed by atoms with Gasteiger partial charge >= 0.3 is 12.1 Å². The van der Waals surface area contributed by atoms with Crippen molar-refractivity contribution in [2.45, 2.75) is 12.3 Å². The van der Waals surface area contributed by atoms with Gasteiger partial charge < -0.3 is 10.2 Å². The molecule has 2 N–H and O–H groups in total. The molecule has 0 aromatic heterocycles. The highest BCUT2D eigenvalue weighted by atomic mass is 35.5. The van der Waals surface area contributed by atoms with Gasteiger partial charge in [-0.2, -0.15) is 13.2 Å². The first kappa shape index (κ1) is 16.3. The summed E-state index contributed by atoms with van der Waals surface area (Å²) in [5.41, 5.74) is 0.261. The molecule has 1 unspecified atom stereocenters. The molecule has 7 heteroatoms. The molecule has 0 aliphatic rings. The molecule has 0 saturated carbocycles. The summed E-state index contributed by atoms with van der Waals surface area (Å²) in [6, 6.07) is 8.69. The van der Waals surface area contributed by atoms with Crippen molar-refractivity contribution in [3.63, 3.8) is 0 Å². The zero-order chi connectivity index (χ0) is 16.5. The average Bonchev–Trinajstić information content (AvgIpc) is 2.45. The van der Waals surface area contributed by atoms with Crippen molar-refractivity contribution < 1.29 is 28.2 Å². The van der Waals surface area contributed by atoms with E-state index in [9.17, 15) is 23.1 Å². The molecule has 0 amide bonds. The second kappa shape index (κ2) is 5.98. The predicted octanol–water partition coefficient (Wildman–Crippen LogP) is 4.14. The molecule has 0 saturated heterocycles. The Bertz CT molecular complexity index is 696. The molecule has 1 atom stereocenters. The van der Waals surface area contributed by atoms with Crippen LogP contribution < -0.4 is 0 Å². The van der Waals surface area contributed by atoms with Gasteiger partial charge in [0.1, 0.15) is 0 Å². The maximum absolute atomic E-state index is 12.5. The Balaban J connectivity index is 2.34. The summed E-state index contributed by atoms with van der Waals surface area (Å²) in [6.45, 7) is 0. The fraction of sp³-hybridized carbons (Fsp3) is 0.133. The summed E-state index contributed by atoms with van der Waals surface area (Å²) >= 11 is 5.92. The van der Waals surface area contributed by atoms with Gasteiger partial charge in [-0.15, -0.1) is 0 Å². The number of hydrogen-bond donors (Lipinski definition) is 2. The molecule has 2 aromatic rings. The van der Waals surface area contributed by atoms with Crippen LogP contribution in [0.25, 0.3) is 11.1 Å². The van der Waals surface area contributed by atoms with Gasteiger partial charge in [0.2, 0.25) is 0 Å². The zero-order valence-corrected chi connectivity index (χ0v) is 11.7. The maximum Gasteiger partial charge on any atom is 0.416 e. The standard InChI is InChI=1S/C15H10ClF3O3/c16-12-7-9(3-6-11(12)13(20)14(21)22)8-1-4-10(5-2-8)15(17,18)19/h1-7,13,20H,(H,21,22). The second-order valence-electron chi connectivity index (χ2n) is 4.55. The lowest BCUT2D eigenvalue weighted by Gasteiger charge is -2.11. The van der Waals surface area contributed by atoms with E-state index in [1.807, 2.05) is 0 Å². The van der Waals surface area contributed by atoms with Gasteiger partial charge in [0.05, 0.1) is 5.56 Å². The quantitative estimate of drug-likeness (QED) is 0.889. The number of carbonyl (C=O) groups is 1. The number of rotatable bonds is 3. The van der Waals surface area contributed by atoms with Crippen LogP contribution in [0, 0.1) is 0 Å². The number of aliphatic carboxylic acids is 1. The monoisotopic (exact) mass is 330 g/mol. The van der Waals surface area contributed by atoms with Crippen LogP contribution in [0.3, 0.4) is 0 Å². The number of alkyl halides is 3. The highest BCUT2D eigenvalue weighted by Gasteiger charge is 2.30. The van der Waals surface area contributed by atoms with Crippen LogP contribution in [-0.4, -0.2) is 16.2 Å². The Hall–Kier alpha value is -2.05. The zero-order valence-electron chi connectivity index (χ0n) is 10.9. The summed E-state index contributed by atoms with van der Waals surface area (Å²) in [4.78, 5) is 10.7. The highest BCUT2D eigenvalue weighted by Crippen LogP contribution is 2.33. The number of aliphatic hydroxyl groups is 1. The Labute approximate surface area is 128 Å². The predicted molar refractivity (Wildman–Crippen MR) is 74.5 cm³/mol. The number of carboxylic acid groups (broad SMARTS) is 1. The van der Waals surface area contributed by atoms with Crippen molar-refractivity contribution in [2.75, 3.05) is 0 Å². The summed E-state index contributed by atoms with van der Waals surface area (Å²) in [5.74, 6) is -1.44. The minimum Gasteiger partial charge on any atom is -0.479 e. The number of aliphatic hydroxyl groups excluding tert-OH is 1. The molecular weight excluding hydrogens is 321 g/mol. The average molecular weight is 331 g/mol. The third-order valence-corrected chi connectivity index (χ3v) is 3.40. The van der Waals surface area contributed by atoms with Gasteiger partial charge in [0.25, 0.3) is 0 Å². The molecule has 116 valence electrons. The highest BCUT2D eigenvalue weighted by molar-refractivity contribution is 6.31. The maximum atomic E-state index is 12.5. The fourth-order valence-electron chi connectivity index (χ4n) is 1.91. The lowest BCUT2D eigenvalue weighted by Crippen LogP contribution is -2.10. The molecule has 0 spiro atoms. The smallest absolute Gasteiger partial charge is 0.416 e. The van der Waals surface area contributed by atoms with E-state index < -0.39 is 23.8 Å². The van der Waals surface area contributed by atoms with Crippen molar-refractivity contribution in [1.82, 2.24) is 0 Å². The van der Waals surface area contributed by atoms with Crippen LogP contribution in [0.1, 0.15) is 17.2 Å². The summed E-state index contributed by atoms with van der Waals surface area (Å²) in [7, 11) is 0. The number of carboxylic acids is 1. The van der Waals surface area contributed by atoms with Crippen LogP contribution in [-0.2, 0) is 11.0 Å². The molecule has 0 radical (unpaired) electrons. The van der Waals surface area contributed by atoms with E-state index >= 15 is 0 Å². The number of benzene rings is 2. The van der Waals surface area contributed by atoms with Gasteiger partial charge in [0, 0.05) is 10.6 Å². The third kappa shape index (κ3) is 3.40. The molecule has 2 aromatic carbocycles. The minimum atomic E-state index is -4.41. The Kier molecular flexibility index (Phi) is 4.44. The van der Waals surface area contributed by atoms with Crippen LogP contribution in [0.4, 0.5) is 13.2 Å². The molecule has 0 aliphatic carbocycles. The lowest BCUT2D eigenvalue weighted by molar-refractivity contribution is -0.147. The first-order valence-electron chi connectivity index (χ1n) is 6.08. The third-order valence-electron chi connectivity index (χ3n) is 3.07. The van der Waals surface area contributed by atoms with E-state index in [0.717, 1.165) is 12.1 Å². The van der Waals surface area contributed by atoms with E-state index in [0.29, 0.717) is 11.1 Å². The molecule has 2 rings (SSSR count). The van der Waals surface area contributed by atoms with Crippen molar-refractivity contribution in [3.8, 4) is 11.1 Å². The minimum absolute atomic E-state index is 0.0184. The summed E-state index contributed by atoms with van der Waals surface area (Å²) in [6.07, 6.45) is -6.17. The van der Waals surface area contributed by atoms with Gasteiger partial charge in [-0.3, -0.25) is 0 Å². The van der Waals surface area contributed by atoms with Crippen LogP contribution >= 0.6 is 11.6 Å². The van der Waals surface area contributed by atoms with Crippen molar-refractivity contribution in [3.05, 3.63) is 58.6 Å². The fourth-order valence-corrected chi connectivity index (χ4v) is 2.20. The molecule has 0 fully saturated rings. The van der Waals surface area contributed by atoms with Gasteiger partial charge in [0.15, 0.2) is 6.10 Å². The Morgan fingerprint density at radius 2 is 1.59 bits per heavy atom. The van der Waals surface area contributed by atoms with Gasteiger partial charge in [-0.1, -0.05) is 35.9 Å². The van der Waals surface area contributed by atoms with Gasteiger partial charge in [-0.25, -0.2) is 4.79 Å². The normalized spacial score (nSPS) is 13.0. The Morgan fingerprint density at radius 3 is 2.05 bits per heavy atom. The van der Waals surface area contributed by atoms with Crippen LogP contribution in [0.5, 0.6) is 0 Å². The van der Waals surface area contributed by atoms with E-state index in [1.165, 1.54) is 30.3 Å². The van der Waals surface area contributed by atoms with Crippen molar-refractivity contribution >= 4 is 17.6 Å². The van der Waals surface area contributed by atoms with Crippen LogP contribution in [0.2, 0.25) is 5.02 Å². The van der Waals surface area contributed by atoms with Gasteiger partial charge in [-0.05, 0) is 29.3 Å².